The van der Waals surface area contributed by atoms with E-state index >= 15 is 0 Å². The van der Waals surface area contributed by atoms with Crippen LogP contribution in [0.4, 0.5) is 0 Å². The van der Waals surface area contributed by atoms with E-state index in [-0.39, 0.29) is 19.1 Å². The lowest BCUT2D eigenvalue weighted by molar-refractivity contribution is 0.0766. The number of nitrogens with zero attached hydrogens (tertiary/aromatic N) is 2. The number of aliphatic hydroxyl groups is 1. The van der Waals surface area contributed by atoms with Crippen molar-refractivity contribution in [3.8, 4) is 11.6 Å². The maximum atomic E-state index is 12.2. The maximum Gasteiger partial charge on any atom is 0.253 e. The van der Waals surface area contributed by atoms with Crippen molar-refractivity contribution in [1.82, 2.24) is 9.88 Å². The van der Waals surface area contributed by atoms with Gasteiger partial charge in [-0.3, -0.25) is 4.79 Å². The molecule has 0 spiro atoms. The highest BCUT2D eigenvalue weighted by atomic mass is 16.5. The van der Waals surface area contributed by atoms with Gasteiger partial charge in [-0.1, -0.05) is 6.07 Å². The molecule has 0 fully saturated rings. The molecule has 3 N–H and O–H groups in total. The molecule has 0 aliphatic carbocycles. The predicted octanol–water partition coefficient (Wildman–Crippen LogP) is 1.71. The molecule has 1 amide bonds. The molecule has 0 aliphatic heterocycles. The number of rotatable bonds is 6. The SMILES string of the molecule is Cc1cc(CN)cc(Oc2cccc(C(=O)N(C)CCO)c2)n1. The summed E-state index contributed by atoms with van der Waals surface area (Å²) in [7, 11) is 1.64. The molecular weight excluding hydrogens is 294 g/mol. The average Bonchev–Trinajstić information content (AvgIpc) is 2.54. The molecule has 23 heavy (non-hydrogen) atoms. The molecular formula is C17H21N3O3. The van der Waals surface area contributed by atoms with Crippen molar-refractivity contribution in [1.29, 1.82) is 0 Å². The highest BCUT2D eigenvalue weighted by Gasteiger charge is 2.12. The summed E-state index contributed by atoms with van der Waals surface area (Å²) in [5.74, 6) is 0.789. The molecule has 1 aromatic heterocycles. The minimum atomic E-state index is -0.177. The van der Waals surface area contributed by atoms with Gasteiger partial charge in [-0.2, -0.15) is 0 Å². The second kappa shape index (κ2) is 7.71. The quantitative estimate of drug-likeness (QED) is 0.847. The zero-order valence-electron chi connectivity index (χ0n) is 13.3. The number of aromatic nitrogens is 1. The average molecular weight is 315 g/mol. The third kappa shape index (κ3) is 4.51. The van der Waals surface area contributed by atoms with Crippen LogP contribution in [0.1, 0.15) is 21.6 Å². The predicted molar refractivity (Wildman–Crippen MR) is 87.4 cm³/mol. The number of nitrogens with two attached hydrogens (primary N) is 1. The van der Waals surface area contributed by atoms with Crippen molar-refractivity contribution < 1.29 is 14.6 Å². The van der Waals surface area contributed by atoms with E-state index in [1.165, 1.54) is 4.90 Å². The maximum absolute atomic E-state index is 12.2. The molecule has 6 nitrogen and oxygen atoms in total. The van der Waals surface area contributed by atoms with Crippen molar-refractivity contribution >= 4 is 5.91 Å². The van der Waals surface area contributed by atoms with Gasteiger partial charge in [-0.05, 0) is 36.8 Å². The molecule has 0 saturated carbocycles. The van der Waals surface area contributed by atoms with Crippen LogP contribution in [-0.2, 0) is 6.54 Å². The van der Waals surface area contributed by atoms with Gasteiger partial charge in [0.25, 0.3) is 5.91 Å². The zero-order chi connectivity index (χ0) is 16.8. The van der Waals surface area contributed by atoms with Crippen LogP contribution in [0.15, 0.2) is 36.4 Å². The second-order valence-corrected chi connectivity index (χ2v) is 5.24. The molecule has 6 heteroatoms. The van der Waals surface area contributed by atoms with Crippen molar-refractivity contribution in [2.45, 2.75) is 13.5 Å². The summed E-state index contributed by atoms with van der Waals surface area (Å²) in [6.45, 7) is 2.48. The highest BCUT2D eigenvalue weighted by molar-refractivity contribution is 5.94. The molecule has 0 atom stereocenters. The third-order valence-corrected chi connectivity index (χ3v) is 3.31. The molecule has 2 aromatic rings. The van der Waals surface area contributed by atoms with E-state index in [1.807, 2.05) is 13.0 Å². The minimum absolute atomic E-state index is 0.0759. The Morgan fingerprint density at radius 2 is 2.13 bits per heavy atom. The van der Waals surface area contributed by atoms with Crippen molar-refractivity contribution in [2.75, 3.05) is 20.2 Å². The zero-order valence-corrected chi connectivity index (χ0v) is 13.3. The monoisotopic (exact) mass is 315 g/mol. The van der Waals surface area contributed by atoms with Crippen LogP contribution in [0, 0.1) is 6.92 Å². The molecule has 1 aromatic carbocycles. The molecule has 0 aliphatic rings. The fourth-order valence-corrected chi connectivity index (χ4v) is 2.16. The lowest BCUT2D eigenvalue weighted by atomic mass is 10.2. The first-order valence-corrected chi connectivity index (χ1v) is 7.35. The number of aryl methyl sites for hydroxylation is 1. The number of pyridine rings is 1. The van der Waals surface area contributed by atoms with Crippen LogP contribution in [0.2, 0.25) is 0 Å². The van der Waals surface area contributed by atoms with Gasteiger partial charge in [-0.15, -0.1) is 0 Å². The van der Waals surface area contributed by atoms with Crippen LogP contribution in [0.3, 0.4) is 0 Å². The van der Waals surface area contributed by atoms with Gasteiger partial charge in [-0.25, -0.2) is 4.98 Å². The summed E-state index contributed by atoms with van der Waals surface area (Å²) in [6.07, 6.45) is 0. The number of hydrogen-bond donors (Lipinski definition) is 2. The highest BCUT2D eigenvalue weighted by Crippen LogP contribution is 2.22. The van der Waals surface area contributed by atoms with Crippen molar-refractivity contribution in [3.05, 3.63) is 53.2 Å². The van der Waals surface area contributed by atoms with E-state index in [1.54, 1.807) is 37.4 Å². The number of hydrogen-bond acceptors (Lipinski definition) is 5. The largest absolute Gasteiger partial charge is 0.439 e. The van der Waals surface area contributed by atoms with E-state index in [0.717, 1.165) is 11.3 Å². The van der Waals surface area contributed by atoms with Crippen LogP contribution in [0.25, 0.3) is 0 Å². The topological polar surface area (TPSA) is 88.7 Å². The number of likely N-dealkylation sites (N-methyl/N-ethyl adjacent to an activating group) is 1. The number of carbonyl (C=O) groups excluding carboxylic acids is 1. The van der Waals surface area contributed by atoms with E-state index < -0.39 is 0 Å². The standard InChI is InChI=1S/C17H21N3O3/c1-12-8-13(11-18)9-16(19-12)23-15-5-3-4-14(10-15)17(22)20(2)6-7-21/h3-5,8-10,21H,6-7,11,18H2,1-2H3. The normalized spacial score (nSPS) is 10.4. The second-order valence-electron chi connectivity index (χ2n) is 5.24. The number of ether oxygens (including phenoxy) is 1. The van der Waals surface area contributed by atoms with Crippen LogP contribution in [0.5, 0.6) is 11.6 Å². The first-order chi connectivity index (χ1) is 11.0. The first-order valence-electron chi connectivity index (χ1n) is 7.35. The number of benzene rings is 1. The lowest BCUT2D eigenvalue weighted by Crippen LogP contribution is -2.29. The number of carbonyl (C=O) groups is 1. The molecule has 2 rings (SSSR count). The summed E-state index contributed by atoms with van der Waals surface area (Å²) in [6, 6.07) is 10.5. The summed E-state index contributed by atoms with van der Waals surface area (Å²) in [4.78, 5) is 18.0. The number of amides is 1. The van der Waals surface area contributed by atoms with Gasteiger partial charge in [0, 0.05) is 37.5 Å². The van der Waals surface area contributed by atoms with Crippen LogP contribution < -0.4 is 10.5 Å². The Bertz CT molecular complexity index is 689. The minimum Gasteiger partial charge on any atom is -0.439 e. The Balaban J connectivity index is 2.20. The molecule has 0 bridgehead atoms. The Morgan fingerprint density at radius 3 is 2.83 bits per heavy atom. The van der Waals surface area contributed by atoms with Crippen molar-refractivity contribution in [2.24, 2.45) is 5.73 Å². The fraction of sp³-hybridized carbons (Fsp3) is 0.294. The molecule has 0 saturated heterocycles. The molecule has 122 valence electrons. The van der Waals surface area contributed by atoms with Crippen molar-refractivity contribution in [3.63, 3.8) is 0 Å². The summed E-state index contributed by atoms with van der Waals surface area (Å²) in [5.41, 5.74) is 7.89. The van der Waals surface area contributed by atoms with E-state index in [0.29, 0.717) is 23.7 Å². The van der Waals surface area contributed by atoms with Gasteiger partial charge in [0.05, 0.1) is 6.61 Å². The third-order valence-electron chi connectivity index (χ3n) is 3.31. The summed E-state index contributed by atoms with van der Waals surface area (Å²) in [5, 5.41) is 8.92. The van der Waals surface area contributed by atoms with Gasteiger partial charge < -0.3 is 20.5 Å². The first kappa shape index (κ1) is 16.9. The molecule has 0 unspecified atom stereocenters. The van der Waals surface area contributed by atoms with Gasteiger partial charge in [0.2, 0.25) is 5.88 Å². The molecule has 1 heterocycles. The van der Waals surface area contributed by atoms with E-state index in [2.05, 4.69) is 4.98 Å². The Labute approximate surface area is 135 Å². The summed E-state index contributed by atoms with van der Waals surface area (Å²) >= 11 is 0. The van der Waals surface area contributed by atoms with E-state index in [9.17, 15) is 4.79 Å². The summed E-state index contributed by atoms with van der Waals surface area (Å²) < 4.78 is 5.75. The van der Waals surface area contributed by atoms with Crippen LogP contribution >= 0.6 is 0 Å². The van der Waals surface area contributed by atoms with Gasteiger partial charge >= 0.3 is 0 Å². The fourth-order valence-electron chi connectivity index (χ4n) is 2.16. The smallest absolute Gasteiger partial charge is 0.253 e. The Morgan fingerprint density at radius 1 is 1.35 bits per heavy atom. The van der Waals surface area contributed by atoms with Gasteiger partial charge in [0.15, 0.2) is 0 Å². The van der Waals surface area contributed by atoms with Gasteiger partial charge in [0.1, 0.15) is 5.75 Å². The number of aliphatic hydroxyl groups excluding tert-OH is 1. The Kier molecular flexibility index (Phi) is 5.67. The van der Waals surface area contributed by atoms with Crippen LogP contribution in [-0.4, -0.2) is 41.1 Å². The van der Waals surface area contributed by atoms with E-state index in [4.69, 9.17) is 15.6 Å². The Hall–Kier alpha value is -2.44. The lowest BCUT2D eigenvalue weighted by Gasteiger charge is -2.16. The molecule has 0 radical (unpaired) electrons.